The number of fused-ring (bicyclic) bond motifs is 1. The van der Waals surface area contributed by atoms with E-state index >= 15 is 4.39 Å². The molecule has 0 N–H and O–H groups in total. The molecule has 1 saturated heterocycles. The predicted octanol–water partition coefficient (Wildman–Crippen LogP) is 6.10. The molecule has 0 bridgehead atoms. The summed E-state index contributed by atoms with van der Waals surface area (Å²) in [5.41, 5.74) is -1.46. The van der Waals surface area contributed by atoms with Crippen molar-refractivity contribution in [3.63, 3.8) is 0 Å². The Balaban J connectivity index is 1.71. The van der Waals surface area contributed by atoms with E-state index in [0.717, 1.165) is 26.7 Å². The number of alkyl halides is 1. The molecule has 4 heterocycles. The summed E-state index contributed by atoms with van der Waals surface area (Å²) in [7, 11) is 0. The Labute approximate surface area is 266 Å². The fourth-order valence-electron chi connectivity index (χ4n) is 5.66. The molecule has 1 amide bonds. The van der Waals surface area contributed by atoms with Crippen LogP contribution in [-0.2, 0) is 11.3 Å². The molecule has 0 atom stereocenters. The van der Waals surface area contributed by atoms with E-state index in [0.29, 0.717) is 27.1 Å². The number of benzene rings is 2. The number of likely N-dealkylation sites (tertiary alicyclic amines) is 1. The highest BCUT2D eigenvalue weighted by atomic mass is 35.5. The molecule has 45 heavy (non-hydrogen) atoms. The van der Waals surface area contributed by atoms with E-state index in [4.69, 9.17) is 19.3 Å². The number of hydrogen-bond acceptors (Lipinski definition) is 5. The number of halogens is 2. The standard InChI is InChI=1S/C35H31ClFN5O3/c1-5-28(43)40-18-35(37,19-40)20-41-27-17-26(36)30(25-14-10-9-13-24(25)23-11-7-6-8-12-23)39-32(27)42(34(45)33(41)44)31-22(4)15-16-38-29(31)21(2)3/h5-17,21H,1,18-20H2,2-4H3/i20D2. The molecule has 0 spiro atoms. The molecule has 5 aromatic rings. The van der Waals surface area contributed by atoms with Gasteiger partial charge in [-0.15, -0.1) is 0 Å². The van der Waals surface area contributed by atoms with Gasteiger partial charge in [-0.1, -0.05) is 86.6 Å². The van der Waals surface area contributed by atoms with Crippen LogP contribution in [0.2, 0.25) is 5.02 Å². The number of carbonyl (C=O) groups is 1. The first kappa shape index (κ1) is 27.6. The van der Waals surface area contributed by atoms with E-state index in [9.17, 15) is 14.4 Å². The fourth-order valence-corrected chi connectivity index (χ4v) is 5.91. The Morgan fingerprint density at radius 1 is 1.09 bits per heavy atom. The Kier molecular flexibility index (Phi) is 7.10. The highest BCUT2D eigenvalue weighted by molar-refractivity contribution is 6.33. The maximum atomic E-state index is 16.4. The molecule has 0 radical (unpaired) electrons. The molecular weight excluding hydrogens is 593 g/mol. The number of aryl methyl sites for hydroxylation is 1. The summed E-state index contributed by atoms with van der Waals surface area (Å²) in [5, 5.41) is 0.0481. The summed E-state index contributed by atoms with van der Waals surface area (Å²) in [6.07, 6.45) is 2.60. The summed E-state index contributed by atoms with van der Waals surface area (Å²) in [6, 6.07) is 20.0. The second-order valence-corrected chi connectivity index (χ2v) is 11.8. The number of aromatic nitrogens is 4. The number of amides is 1. The van der Waals surface area contributed by atoms with Crippen LogP contribution in [0.5, 0.6) is 0 Å². The van der Waals surface area contributed by atoms with Crippen LogP contribution in [0.15, 0.2) is 95.2 Å². The lowest BCUT2D eigenvalue weighted by Crippen LogP contribution is -2.63. The zero-order chi connectivity index (χ0) is 33.8. The van der Waals surface area contributed by atoms with E-state index in [1.165, 1.54) is 6.07 Å². The minimum Gasteiger partial charge on any atom is -0.332 e. The van der Waals surface area contributed by atoms with Gasteiger partial charge in [-0.05, 0) is 47.7 Å². The molecular formula is C35H31ClFN5O3. The quantitative estimate of drug-likeness (QED) is 0.161. The summed E-state index contributed by atoms with van der Waals surface area (Å²) < 4.78 is 35.9. The molecule has 228 valence electrons. The molecule has 3 aromatic heterocycles. The van der Waals surface area contributed by atoms with Gasteiger partial charge in [0.25, 0.3) is 0 Å². The van der Waals surface area contributed by atoms with Crippen molar-refractivity contribution in [2.45, 2.75) is 38.9 Å². The first-order valence-electron chi connectivity index (χ1n) is 15.4. The number of rotatable bonds is 7. The van der Waals surface area contributed by atoms with Gasteiger partial charge in [0.15, 0.2) is 11.3 Å². The van der Waals surface area contributed by atoms with Crippen molar-refractivity contribution < 1.29 is 11.9 Å². The minimum atomic E-state index is -3.09. The van der Waals surface area contributed by atoms with Gasteiger partial charge in [0, 0.05) is 11.8 Å². The maximum Gasteiger partial charge on any atom is 0.322 e. The van der Waals surface area contributed by atoms with Crippen LogP contribution in [0.4, 0.5) is 4.39 Å². The summed E-state index contributed by atoms with van der Waals surface area (Å²) in [4.78, 5) is 50.8. The van der Waals surface area contributed by atoms with Gasteiger partial charge in [0.2, 0.25) is 5.91 Å². The van der Waals surface area contributed by atoms with Crippen LogP contribution in [0.1, 0.15) is 33.8 Å². The normalized spacial score (nSPS) is 15.0. The van der Waals surface area contributed by atoms with Gasteiger partial charge < -0.3 is 4.90 Å². The highest BCUT2D eigenvalue weighted by Gasteiger charge is 2.46. The third-order valence-electron chi connectivity index (χ3n) is 7.85. The number of pyridine rings is 2. The van der Waals surface area contributed by atoms with Gasteiger partial charge in [0.05, 0.1) is 49.9 Å². The third-order valence-corrected chi connectivity index (χ3v) is 8.14. The monoisotopic (exact) mass is 625 g/mol. The van der Waals surface area contributed by atoms with Gasteiger partial charge in [0.1, 0.15) is 0 Å². The van der Waals surface area contributed by atoms with E-state index < -0.39 is 42.3 Å². The van der Waals surface area contributed by atoms with Gasteiger partial charge in [-0.25, -0.2) is 9.37 Å². The van der Waals surface area contributed by atoms with E-state index in [-0.39, 0.29) is 27.8 Å². The van der Waals surface area contributed by atoms with Crippen LogP contribution in [-0.4, -0.2) is 48.7 Å². The fraction of sp³-hybridized carbons (Fsp3) is 0.229. The lowest BCUT2D eigenvalue weighted by Gasteiger charge is -2.44. The average Bonchev–Trinajstić information content (AvgIpc) is 3.04. The first-order valence-corrected chi connectivity index (χ1v) is 14.8. The SMILES string of the molecule is [2H]C([2H])(n1c(=O)c(=O)n(-c2c(C)ccnc2C(C)C)c2nc(-c3ccccc3-c3ccccc3)c(Cl)cc21)C1(F)CN(C(=O)C=C)C1. The van der Waals surface area contributed by atoms with Crippen molar-refractivity contribution in [3.8, 4) is 28.1 Å². The van der Waals surface area contributed by atoms with E-state index in [2.05, 4.69) is 11.6 Å². The average molecular weight is 626 g/mol. The van der Waals surface area contributed by atoms with Crippen LogP contribution in [0, 0.1) is 6.92 Å². The summed E-state index contributed by atoms with van der Waals surface area (Å²) >= 11 is 6.91. The number of hydrogen-bond donors (Lipinski definition) is 0. The Hall–Kier alpha value is -4.89. The zero-order valence-corrected chi connectivity index (χ0v) is 25.7. The van der Waals surface area contributed by atoms with Crippen molar-refractivity contribution in [1.82, 2.24) is 24.0 Å². The van der Waals surface area contributed by atoms with Crippen molar-refractivity contribution in [2.24, 2.45) is 0 Å². The van der Waals surface area contributed by atoms with Gasteiger partial charge in [-0.3, -0.25) is 28.5 Å². The first-order chi connectivity index (χ1) is 22.3. The molecule has 8 nitrogen and oxygen atoms in total. The molecule has 6 rings (SSSR count). The largest absolute Gasteiger partial charge is 0.332 e. The third kappa shape index (κ3) is 5.27. The van der Waals surface area contributed by atoms with Crippen LogP contribution < -0.4 is 11.1 Å². The van der Waals surface area contributed by atoms with Crippen LogP contribution in [0.25, 0.3) is 39.2 Å². The lowest BCUT2D eigenvalue weighted by molar-refractivity contribution is -0.141. The predicted molar refractivity (Wildman–Crippen MR) is 175 cm³/mol. The zero-order valence-electron chi connectivity index (χ0n) is 26.9. The van der Waals surface area contributed by atoms with Crippen molar-refractivity contribution in [2.75, 3.05) is 13.1 Å². The topological polar surface area (TPSA) is 90.1 Å². The Morgan fingerprint density at radius 2 is 1.76 bits per heavy atom. The molecule has 0 unspecified atom stereocenters. The molecule has 0 aliphatic carbocycles. The summed E-state index contributed by atoms with van der Waals surface area (Å²) in [5.74, 6) is -0.759. The number of nitrogens with zero attached hydrogens (tertiary/aromatic N) is 5. The van der Waals surface area contributed by atoms with Gasteiger partial charge in [-0.2, -0.15) is 0 Å². The van der Waals surface area contributed by atoms with Gasteiger partial charge >= 0.3 is 11.1 Å². The molecule has 0 saturated carbocycles. The second-order valence-electron chi connectivity index (χ2n) is 11.3. The van der Waals surface area contributed by atoms with Crippen LogP contribution >= 0.6 is 11.6 Å². The second kappa shape index (κ2) is 11.6. The Bertz CT molecular complexity index is 2190. The summed E-state index contributed by atoms with van der Waals surface area (Å²) in [6.45, 7) is 4.57. The molecule has 1 fully saturated rings. The highest BCUT2D eigenvalue weighted by Crippen LogP contribution is 2.37. The van der Waals surface area contributed by atoms with Crippen molar-refractivity contribution in [3.05, 3.63) is 123 Å². The molecule has 10 heteroatoms. The Morgan fingerprint density at radius 3 is 2.42 bits per heavy atom. The van der Waals surface area contributed by atoms with E-state index in [1.54, 1.807) is 19.2 Å². The van der Waals surface area contributed by atoms with Crippen molar-refractivity contribution in [1.29, 1.82) is 0 Å². The maximum absolute atomic E-state index is 16.4. The molecule has 1 aliphatic rings. The minimum absolute atomic E-state index is 0.0481. The van der Waals surface area contributed by atoms with E-state index in [1.807, 2.05) is 68.4 Å². The number of carbonyl (C=O) groups excluding carboxylic acids is 1. The molecule has 2 aromatic carbocycles. The lowest BCUT2D eigenvalue weighted by atomic mass is 9.95. The van der Waals surface area contributed by atoms with Crippen LogP contribution in [0.3, 0.4) is 0 Å². The molecule has 1 aliphatic heterocycles. The smallest absolute Gasteiger partial charge is 0.322 e. The van der Waals surface area contributed by atoms with Crippen molar-refractivity contribution >= 4 is 28.7 Å².